The lowest BCUT2D eigenvalue weighted by Crippen LogP contribution is -2.34. The van der Waals surface area contributed by atoms with Gasteiger partial charge in [-0.05, 0) is 52.4 Å². The molecule has 0 saturated heterocycles. The highest BCUT2D eigenvalue weighted by Gasteiger charge is 2.09. The van der Waals surface area contributed by atoms with Crippen molar-refractivity contribution in [1.82, 2.24) is 10.6 Å². The fourth-order valence-corrected chi connectivity index (χ4v) is 2.92. The standard InChI is InChI=1S/C24H49N2O6P/c1-20(2)24(28)26-17-22(33)18-31-14-10-6-9-13-30-16-15-29-12-8-5-7-11-25-23(27)19-32-21(3)4/h20-22H,5-19,33H2,1-4H3,(H,25,27)(H,26,28). The van der Waals surface area contributed by atoms with Crippen molar-refractivity contribution in [3.8, 4) is 0 Å². The molecule has 0 heterocycles. The number of carbonyl (C=O) groups is 2. The summed E-state index contributed by atoms with van der Waals surface area (Å²) >= 11 is 0. The van der Waals surface area contributed by atoms with Crippen molar-refractivity contribution in [3.05, 3.63) is 0 Å². The Morgan fingerprint density at radius 2 is 1.33 bits per heavy atom. The number of rotatable bonds is 23. The normalized spacial score (nSPS) is 12.3. The van der Waals surface area contributed by atoms with Gasteiger partial charge in [0.2, 0.25) is 11.8 Å². The summed E-state index contributed by atoms with van der Waals surface area (Å²) in [5, 5.41) is 5.77. The lowest BCUT2D eigenvalue weighted by atomic mass is 10.2. The van der Waals surface area contributed by atoms with Gasteiger partial charge in [0.1, 0.15) is 6.61 Å². The fourth-order valence-electron chi connectivity index (χ4n) is 2.66. The number of ether oxygens (including phenoxy) is 4. The Bertz CT molecular complexity index is 480. The molecule has 196 valence electrons. The summed E-state index contributed by atoms with van der Waals surface area (Å²) < 4.78 is 22.1. The van der Waals surface area contributed by atoms with Crippen LogP contribution in [0.4, 0.5) is 0 Å². The maximum Gasteiger partial charge on any atom is 0.246 e. The fraction of sp³-hybridized carbons (Fsp3) is 0.917. The molecule has 0 fully saturated rings. The van der Waals surface area contributed by atoms with Crippen LogP contribution in [0.5, 0.6) is 0 Å². The Hall–Kier alpha value is -0.790. The van der Waals surface area contributed by atoms with Crippen molar-refractivity contribution in [2.75, 3.05) is 59.3 Å². The summed E-state index contributed by atoms with van der Waals surface area (Å²) in [6, 6.07) is 0. The van der Waals surface area contributed by atoms with Gasteiger partial charge < -0.3 is 29.6 Å². The van der Waals surface area contributed by atoms with Crippen LogP contribution in [0, 0.1) is 5.92 Å². The van der Waals surface area contributed by atoms with Crippen molar-refractivity contribution in [2.45, 2.75) is 78.0 Å². The topological polar surface area (TPSA) is 95.1 Å². The van der Waals surface area contributed by atoms with E-state index in [1.54, 1.807) is 0 Å². The van der Waals surface area contributed by atoms with E-state index in [2.05, 4.69) is 19.9 Å². The van der Waals surface area contributed by atoms with Gasteiger partial charge in [0.05, 0.1) is 25.9 Å². The van der Waals surface area contributed by atoms with Gasteiger partial charge in [-0.2, -0.15) is 0 Å². The zero-order chi connectivity index (χ0) is 24.7. The predicted molar refractivity (Wildman–Crippen MR) is 136 cm³/mol. The SMILES string of the molecule is CC(C)OCC(=O)NCCCCCOCCOCCCCCOCC(P)CNC(=O)C(C)C. The van der Waals surface area contributed by atoms with Gasteiger partial charge in [0, 0.05) is 44.5 Å². The molecular weight excluding hydrogens is 443 g/mol. The number of unbranched alkanes of at least 4 members (excludes halogenated alkanes) is 4. The van der Waals surface area contributed by atoms with E-state index in [0.717, 1.165) is 58.3 Å². The Morgan fingerprint density at radius 1 is 0.758 bits per heavy atom. The minimum Gasteiger partial charge on any atom is -0.381 e. The third-order valence-corrected chi connectivity index (χ3v) is 5.11. The Balaban J connectivity index is 3.22. The van der Waals surface area contributed by atoms with Gasteiger partial charge in [-0.15, -0.1) is 9.24 Å². The first-order valence-corrected chi connectivity index (χ1v) is 13.1. The highest BCUT2D eigenvalue weighted by atomic mass is 31.0. The van der Waals surface area contributed by atoms with E-state index in [1.807, 2.05) is 27.7 Å². The Labute approximate surface area is 203 Å². The third kappa shape index (κ3) is 24.1. The summed E-state index contributed by atoms with van der Waals surface area (Å²) in [6.07, 6.45) is 6.15. The Kier molecular flexibility index (Phi) is 22.4. The van der Waals surface area contributed by atoms with Crippen molar-refractivity contribution in [3.63, 3.8) is 0 Å². The van der Waals surface area contributed by atoms with E-state index in [1.165, 1.54) is 0 Å². The van der Waals surface area contributed by atoms with Crippen LogP contribution in [-0.4, -0.2) is 82.9 Å². The van der Waals surface area contributed by atoms with Gasteiger partial charge in [0.15, 0.2) is 0 Å². The van der Waals surface area contributed by atoms with E-state index < -0.39 is 0 Å². The van der Waals surface area contributed by atoms with Gasteiger partial charge in [-0.25, -0.2) is 0 Å². The second-order valence-electron chi connectivity index (χ2n) is 8.79. The van der Waals surface area contributed by atoms with Gasteiger partial charge in [-0.3, -0.25) is 9.59 Å². The van der Waals surface area contributed by atoms with Crippen molar-refractivity contribution >= 4 is 21.1 Å². The summed E-state index contributed by atoms with van der Waals surface area (Å²) in [6.45, 7) is 13.1. The Morgan fingerprint density at radius 3 is 1.91 bits per heavy atom. The molecular formula is C24H49N2O6P. The van der Waals surface area contributed by atoms with E-state index >= 15 is 0 Å². The molecule has 0 saturated carbocycles. The number of carbonyl (C=O) groups excluding carboxylic acids is 2. The van der Waals surface area contributed by atoms with Crippen LogP contribution in [0.25, 0.3) is 0 Å². The lowest BCUT2D eigenvalue weighted by molar-refractivity contribution is -0.127. The van der Waals surface area contributed by atoms with Crippen LogP contribution in [-0.2, 0) is 28.5 Å². The van der Waals surface area contributed by atoms with E-state index in [0.29, 0.717) is 32.9 Å². The summed E-state index contributed by atoms with van der Waals surface area (Å²) in [4.78, 5) is 23.0. The highest BCUT2D eigenvalue weighted by molar-refractivity contribution is 7.17. The summed E-state index contributed by atoms with van der Waals surface area (Å²) in [7, 11) is 2.72. The average molecular weight is 493 g/mol. The van der Waals surface area contributed by atoms with Crippen LogP contribution < -0.4 is 10.6 Å². The largest absolute Gasteiger partial charge is 0.381 e. The molecule has 0 aromatic rings. The van der Waals surface area contributed by atoms with E-state index in [9.17, 15) is 9.59 Å². The van der Waals surface area contributed by atoms with Gasteiger partial charge in [-0.1, -0.05) is 13.8 Å². The second kappa shape index (κ2) is 23.0. The molecule has 33 heavy (non-hydrogen) atoms. The minimum atomic E-state index is -0.0536. The molecule has 0 bridgehead atoms. The molecule has 0 rings (SSSR count). The van der Waals surface area contributed by atoms with Crippen molar-refractivity contribution < 1.29 is 28.5 Å². The first-order valence-electron chi connectivity index (χ1n) is 12.5. The average Bonchev–Trinajstić information content (AvgIpc) is 2.77. The molecule has 2 N–H and O–H groups in total. The molecule has 0 aliphatic carbocycles. The van der Waals surface area contributed by atoms with Crippen LogP contribution in [0.2, 0.25) is 0 Å². The first kappa shape index (κ1) is 32.2. The number of hydrogen-bond acceptors (Lipinski definition) is 6. The predicted octanol–water partition coefficient (Wildman–Crippen LogP) is 2.93. The molecule has 0 aromatic heterocycles. The maximum absolute atomic E-state index is 11.5. The third-order valence-electron chi connectivity index (χ3n) is 4.68. The maximum atomic E-state index is 11.5. The lowest BCUT2D eigenvalue weighted by Gasteiger charge is -2.14. The zero-order valence-electron chi connectivity index (χ0n) is 21.4. The van der Waals surface area contributed by atoms with Crippen molar-refractivity contribution in [1.29, 1.82) is 0 Å². The molecule has 0 spiro atoms. The van der Waals surface area contributed by atoms with Gasteiger partial charge in [0.25, 0.3) is 0 Å². The van der Waals surface area contributed by atoms with E-state index in [4.69, 9.17) is 18.9 Å². The molecule has 2 unspecified atom stereocenters. The smallest absolute Gasteiger partial charge is 0.246 e. The number of amides is 2. The minimum absolute atomic E-state index is 0.0178. The number of nitrogens with one attached hydrogen (secondary N) is 2. The molecule has 8 nitrogen and oxygen atoms in total. The van der Waals surface area contributed by atoms with Crippen LogP contribution >= 0.6 is 9.24 Å². The van der Waals surface area contributed by atoms with Crippen molar-refractivity contribution in [2.24, 2.45) is 5.92 Å². The summed E-state index contributed by atoms with van der Waals surface area (Å²) in [5.74, 6) is 0.0463. The van der Waals surface area contributed by atoms with Crippen LogP contribution in [0.15, 0.2) is 0 Å². The molecule has 0 aliphatic rings. The number of hydrogen-bond donors (Lipinski definition) is 2. The van der Waals surface area contributed by atoms with Crippen LogP contribution in [0.3, 0.4) is 0 Å². The monoisotopic (exact) mass is 492 g/mol. The van der Waals surface area contributed by atoms with Crippen LogP contribution in [0.1, 0.15) is 66.2 Å². The first-order chi connectivity index (χ1) is 15.8. The quantitative estimate of drug-likeness (QED) is 0.168. The van der Waals surface area contributed by atoms with E-state index in [-0.39, 0.29) is 36.1 Å². The molecule has 9 heteroatoms. The molecule has 0 aliphatic heterocycles. The molecule has 0 radical (unpaired) electrons. The molecule has 2 amide bonds. The molecule has 0 aromatic carbocycles. The zero-order valence-corrected chi connectivity index (χ0v) is 22.5. The second-order valence-corrected chi connectivity index (χ2v) is 9.73. The summed E-state index contributed by atoms with van der Waals surface area (Å²) in [5.41, 5.74) is 0.242. The van der Waals surface area contributed by atoms with Gasteiger partial charge >= 0.3 is 0 Å². The molecule has 2 atom stereocenters. The highest BCUT2D eigenvalue weighted by Crippen LogP contribution is 2.03.